The first-order valence-electron chi connectivity index (χ1n) is 9.09. The normalized spacial score (nSPS) is 17.2. The minimum Gasteiger partial charge on any atom is -0.358 e. The van der Waals surface area contributed by atoms with Crippen molar-refractivity contribution in [2.24, 2.45) is 11.8 Å². The third kappa shape index (κ3) is 5.82. The van der Waals surface area contributed by atoms with Crippen molar-refractivity contribution in [3.63, 3.8) is 0 Å². The van der Waals surface area contributed by atoms with Crippen LogP contribution in [0.4, 0.5) is 5.69 Å². The van der Waals surface area contributed by atoms with Crippen LogP contribution < -0.4 is 4.90 Å². The monoisotopic (exact) mass is 318 g/mol. The fourth-order valence-electron chi connectivity index (χ4n) is 3.23. The lowest BCUT2D eigenvalue weighted by Gasteiger charge is -2.33. The number of anilines is 1. The van der Waals surface area contributed by atoms with Crippen molar-refractivity contribution in [1.29, 1.82) is 0 Å². The number of rotatable bonds is 7. The molecular formula is C20H34N2O. The molecule has 0 saturated carbocycles. The molecule has 3 heteroatoms. The Morgan fingerprint density at radius 1 is 1.09 bits per heavy atom. The molecule has 0 atom stereocenters. The molecule has 0 bridgehead atoms. The minimum absolute atomic E-state index is 0.269. The fraction of sp³-hybridized carbons (Fsp3) is 0.700. The van der Waals surface area contributed by atoms with E-state index in [1.54, 1.807) is 0 Å². The molecule has 1 aliphatic heterocycles. The van der Waals surface area contributed by atoms with Gasteiger partial charge in [-0.15, -0.1) is 0 Å². The maximum atomic E-state index is 5.66. The van der Waals surface area contributed by atoms with Crippen molar-refractivity contribution in [3.05, 3.63) is 29.8 Å². The molecule has 23 heavy (non-hydrogen) atoms. The number of piperidine rings is 1. The smallest absolute Gasteiger partial charge is 0.119 e. The highest BCUT2D eigenvalue weighted by Gasteiger charge is 2.21. The van der Waals surface area contributed by atoms with Crippen LogP contribution in [0.5, 0.6) is 0 Å². The standard InChI is InChI=1S/C20H34N2O/c1-16(2)19-10-12-22(13-11-19)14-18-6-8-20(9-7-18)21(5)15-23-17(3)4/h6-9,16-17,19H,10-15H2,1-5H3. The molecule has 2 rings (SSSR count). The second-order valence-corrected chi connectivity index (χ2v) is 7.57. The fourth-order valence-corrected chi connectivity index (χ4v) is 3.23. The van der Waals surface area contributed by atoms with Crippen LogP contribution in [-0.4, -0.2) is 37.9 Å². The van der Waals surface area contributed by atoms with Gasteiger partial charge < -0.3 is 9.64 Å². The lowest BCUT2D eigenvalue weighted by Crippen LogP contribution is -2.34. The maximum absolute atomic E-state index is 5.66. The molecule has 1 aromatic rings. The zero-order valence-electron chi connectivity index (χ0n) is 15.6. The van der Waals surface area contributed by atoms with Crippen LogP contribution in [0.25, 0.3) is 0 Å². The highest BCUT2D eigenvalue weighted by molar-refractivity contribution is 5.46. The van der Waals surface area contributed by atoms with Gasteiger partial charge in [-0.05, 0) is 69.3 Å². The van der Waals surface area contributed by atoms with Crippen molar-refractivity contribution in [2.75, 3.05) is 31.8 Å². The van der Waals surface area contributed by atoms with E-state index in [4.69, 9.17) is 4.74 Å². The van der Waals surface area contributed by atoms with E-state index in [0.29, 0.717) is 6.73 Å². The van der Waals surface area contributed by atoms with Crippen LogP contribution in [0.15, 0.2) is 24.3 Å². The molecule has 0 radical (unpaired) electrons. The van der Waals surface area contributed by atoms with E-state index in [2.05, 4.69) is 68.8 Å². The Labute approximate surface area is 142 Å². The molecule has 1 heterocycles. The topological polar surface area (TPSA) is 15.7 Å². The largest absolute Gasteiger partial charge is 0.358 e. The number of likely N-dealkylation sites (tertiary alicyclic amines) is 1. The zero-order chi connectivity index (χ0) is 16.8. The Morgan fingerprint density at radius 3 is 2.22 bits per heavy atom. The van der Waals surface area contributed by atoms with Crippen molar-refractivity contribution in [1.82, 2.24) is 4.90 Å². The predicted molar refractivity (Wildman–Crippen MR) is 98.8 cm³/mol. The molecular weight excluding hydrogens is 284 g/mol. The van der Waals surface area contributed by atoms with E-state index in [9.17, 15) is 0 Å². The molecule has 0 aliphatic carbocycles. The summed E-state index contributed by atoms with van der Waals surface area (Å²) >= 11 is 0. The van der Waals surface area contributed by atoms with E-state index in [1.165, 1.54) is 37.2 Å². The molecule has 1 aromatic carbocycles. The molecule has 0 unspecified atom stereocenters. The lowest BCUT2D eigenvalue weighted by atomic mass is 9.86. The van der Waals surface area contributed by atoms with Crippen molar-refractivity contribution in [3.8, 4) is 0 Å². The van der Waals surface area contributed by atoms with Crippen LogP contribution >= 0.6 is 0 Å². The minimum atomic E-state index is 0.269. The lowest BCUT2D eigenvalue weighted by molar-refractivity contribution is 0.0816. The average molecular weight is 319 g/mol. The highest BCUT2D eigenvalue weighted by atomic mass is 16.5. The van der Waals surface area contributed by atoms with Crippen LogP contribution in [0.1, 0.15) is 46.1 Å². The Hall–Kier alpha value is -1.06. The summed E-state index contributed by atoms with van der Waals surface area (Å²) in [5, 5.41) is 0. The van der Waals surface area contributed by atoms with Crippen LogP contribution in [0.3, 0.4) is 0 Å². The van der Waals surface area contributed by atoms with Crippen LogP contribution in [0.2, 0.25) is 0 Å². The SMILES string of the molecule is CC(C)OCN(C)c1ccc(CN2CCC(C(C)C)CC2)cc1. The first-order valence-corrected chi connectivity index (χ1v) is 9.09. The molecule has 1 fully saturated rings. The molecule has 1 aliphatic rings. The average Bonchev–Trinajstić information content (AvgIpc) is 2.54. The van der Waals surface area contributed by atoms with Gasteiger partial charge in [-0.25, -0.2) is 0 Å². The number of benzene rings is 1. The Morgan fingerprint density at radius 2 is 1.70 bits per heavy atom. The van der Waals surface area contributed by atoms with E-state index in [-0.39, 0.29) is 6.10 Å². The van der Waals surface area contributed by atoms with Gasteiger partial charge in [0.2, 0.25) is 0 Å². The maximum Gasteiger partial charge on any atom is 0.119 e. The summed E-state index contributed by atoms with van der Waals surface area (Å²) in [6.45, 7) is 13.1. The number of nitrogens with zero attached hydrogens (tertiary/aromatic N) is 2. The summed E-state index contributed by atoms with van der Waals surface area (Å²) in [5.41, 5.74) is 2.63. The van der Waals surface area contributed by atoms with Gasteiger partial charge in [-0.2, -0.15) is 0 Å². The van der Waals surface area contributed by atoms with Crippen LogP contribution in [-0.2, 0) is 11.3 Å². The Bertz CT molecular complexity index is 447. The second kappa shape index (κ2) is 8.70. The van der Waals surface area contributed by atoms with Gasteiger partial charge in [-0.3, -0.25) is 4.90 Å². The quantitative estimate of drug-likeness (QED) is 0.694. The zero-order valence-corrected chi connectivity index (χ0v) is 15.6. The van der Waals surface area contributed by atoms with E-state index in [0.717, 1.165) is 18.4 Å². The summed E-state index contributed by atoms with van der Waals surface area (Å²) in [7, 11) is 2.08. The van der Waals surface area contributed by atoms with Gasteiger partial charge in [0.25, 0.3) is 0 Å². The van der Waals surface area contributed by atoms with Crippen molar-refractivity contribution < 1.29 is 4.74 Å². The molecule has 1 saturated heterocycles. The third-order valence-electron chi connectivity index (χ3n) is 4.96. The van der Waals surface area contributed by atoms with Gasteiger partial charge >= 0.3 is 0 Å². The van der Waals surface area contributed by atoms with Gasteiger partial charge in [0, 0.05) is 19.3 Å². The van der Waals surface area contributed by atoms with Crippen molar-refractivity contribution >= 4 is 5.69 Å². The highest BCUT2D eigenvalue weighted by Crippen LogP contribution is 2.25. The van der Waals surface area contributed by atoms with Gasteiger partial charge in [0.1, 0.15) is 6.73 Å². The first kappa shape index (κ1) is 18.3. The summed E-state index contributed by atoms with van der Waals surface area (Å²) in [5.74, 6) is 1.75. The van der Waals surface area contributed by atoms with Crippen LogP contribution in [0, 0.1) is 11.8 Å². The summed E-state index contributed by atoms with van der Waals surface area (Å²) in [4.78, 5) is 4.75. The summed E-state index contributed by atoms with van der Waals surface area (Å²) in [6, 6.07) is 8.94. The third-order valence-corrected chi connectivity index (χ3v) is 4.96. The first-order chi connectivity index (χ1) is 11.0. The summed E-state index contributed by atoms with van der Waals surface area (Å²) < 4.78 is 5.66. The van der Waals surface area contributed by atoms with E-state index >= 15 is 0 Å². The van der Waals surface area contributed by atoms with Gasteiger partial charge in [-0.1, -0.05) is 26.0 Å². The van der Waals surface area contributed by atoms with E-state index < -0.39 is 0 Å². The number of hydrogen-bond acceptors (Lipinski definition) is 3. The second-order valence-electron chi connectivity index (χ2n) is 7.57. The molecule has 0 spiro atoms. The van der Waals surface area contributed by atoms with Gasteiger partial charge in [0.15, 0.2) is 0 Å². The van der Waals surface area contributed by atoms with Gasteiger partial charge in [0.05, 0.1) is 6.10 Å². The molecule has 0 amide bonds. The molecule has 0 N–H and O–H groups in total. The Balaban J connectivity index is 1.81. The summed E-state index contributed by atoms with van der Waals surface area (Å²) in [6.07, 6.45) is 2.97. The van der Waals surface area contributed by atoms with E-state index in [1.807, 2.05) is 0 Å². The Kier molecular flexibility index (Phi) is 6.91. The molecule has 130 valence electrons. The van der Waals surface area contributed by atoms with Crippen molar-refractivity contribution in [2.45, 2.75) is 53.2 Å². The number of hydrogen-bond donors (Lipinski definition) is 0. The molecule has 3 nitrogen and oxygen atoms in total. The predicted octanol–water partition coefficient (Wildman–Crippen LogP) is 4.37. The molecule has 0 aromatic heterocycles. The number of ether oxygens (including phenoxy) is 1.